The van der Waals surface area contributed by atoms with Crippen molar-refractivity contribution in [1.82, 2.24) is 14.5 Å². The van der Waals surface area contributed by atoms with Crippen molar-refractivity contribution < 1.29 is 13.2 Å². The molecular formula is C25H33N3O3S. The number of piperidine rings is 1. The molecule has 2 aromatic carbocycles. The van der Waals surface area contributed by atoms with Crippen LogP contribution in [0.2, 0.25) is 0 Å². The Hall–Kier alpha value is -2.22. The van der Waals surface area contributed by atoms with E-state index in [0.717, 1.165) is 44.5 Å². The summed E-state index contributed by atoms with van der Waals surface area (Å²) in [4.78, 5) is 15.5. The number of sulfonamides is 1. The molecule has 0 saturated carbocycles. The molecule has 1 N–H and O–H groups in total. The van der Waals surface area contributed by atoms with E-state index in [1.807, 2.05) is 19.1 Å². The normalized spacial score (nSPS) is 20.0. The van der Waals surface area contributed by atoms with Gasteiger partial charge in [-0.05, 0) is 55.9 Å². The topological polar surface area (TPSA) is 69.7 Å². The first-order chi connectivity index (χ1) is 15.4. The third kappa shape index (κ3) is 5.39. The van der Waals surface area contributed by atoms with Gasteiger partial charge < -0.3 is 5.32 Å². The van der Waals surface area contributed by atoms with Crippen LogP contribution in [0.3, 0.4) is 0 Å². The van der Waals surface area contributed by atoms with Crippen LogP contribution < -0.4 is 5.32 Å². The molecular weight excluding hydrogens is 422 g/mol. The number of hydrogen-bond donors (Lipinski definition) is 1. The lowest BCUT2D eigenvalue weighted by Crippen LogP contribution is -2.45. The summed E-state index contributed by atoms with van der Waals surface area (Å²) < 4.78 is 27.4. The van der Waals surface area contributed by atoms with Crippen molar-refractivity contribution in [2.24, 2.45) is 5.92 Å². The fourth-order valence-corrected chi connectivity index (χ4v) is 6.16. The summed E-state index contributed by atoms with van der Waals surface area (Å²) in [6.07, 6.45) is 3.41. The summed E-state index contributed by atoms with van der Waals surface area (Å²) in [5.74, 6) is -0.316. The van der Waals surface area contributed by atoms with E-state index < -0.39 is 10.0 Å². The SMILES string of the molecule is Cc1ccc(S(=O)(=O)N2CCCC(C(=O)NCCCN3CCc4ccccc4C3)C2)cc1. The van der Waals surface area contributed by atoms with Gasteiger partial charge in [0.05, 0.1) is 10.8 Å². The van der Waals surface area contributed by atoms with E-state index in [1.165, 1.54) is 15.4 Å². The first-order valence-corrected chi connectivity index (χ1v) is 13.0. The predicted octanol–water partition coefficient (Wildman–Crippen LogP) is 2.96. The van der Waals surface area contributed by atoms with Crippen LogP contribution in [0.1, 0.15) is 36.0 Å². The minimum atomic E-state index is -3.56. The van der Waals surface area contributed by atoms with Crippen LogP contribution in [0, 0.1) is 12.8 Å². The minimum Gasteiger partial charge on any atom is -0.356 e. The number of nitrogens with zero attached hydrogens (tertiary/aromatic N) is 2. The highest BCUT2D eigenvalue weighted by molar-refractivity contribution is 7.89. The van der Waals surface area contributed by atoms with Crippen molar-refractivity contribution in [3.63, 3.8) is 0 Å². The lowest BCUT2D eigenvalue weighted by molar-refractivity contribution is -0.126. The van der Waals surface area contributed by atoms with Crippen LogP contribution in [0.4, 0.5) is 0 Å². The second-order valence-corrected chi connectivity index (χ2v) is 10.9. The molecule has 1 saturated heterocycles. The molecule has 1 fully saturated rings. The van der Waals surface area contributed by atoms with Gasteiger partial charge >= 0.3 is 0 Å². The van der Waals surface area contributed by atoms with E-state index in [1.54, 1.807) is 12.1 Å². The van der Waals surface area contributed by atoms with Gasteiger partial charge in [-0.15, -0.1) is 0 Å². The molecule has 2 aromatic rings. The van der Waals surface area contributed by atoms with Gasteiger partial charge in [0.1, 0.15) is 0 Å². The lowest BCUT2D eigenvalue weighted by Gasteiger charge is -2.31. The molecule has 0 spiro atoms. The maximum absolute atomic E-state index is 13.0. The van der Waals surface area contributed by atoms with Gasteiger partial charge in [0, 0.05) is 39.3 Å². The quantitative estimate of drug-likeness (QED) is 0.652. The highest BCUT2D eigenvalue weighted by atomic mass is 32.2. The van der Waals surface area contributed by atoms with Crippen molar-refractivity contribution in [1.29, 1.82) is 0 Å². The zero-order valence-electron chi connectivity index (χ0n) is 18.8. The van der Waals surface area contributed by atoms with Crippen LogP contribution in [0.25, 0.3) is 0 Å². The first kappa shape index (κ1) is 23.0. The third-order valence-electron chi connectivity index (χ3n) is 6.57. The van der Waals surface area contributed by atoms with Gasteiger partial charge in [-0.25, -0.2) is 8.42 Å². The largest absolute Gasteiger partial charge is 0.356 e. The number of nitrogens with one attached hydrogen (secondary N) is 1. The van der Waals surface area contributed by atoms with Gasteiger partial charge in [-0.3, -0.25) is 9.69 Å². The Balaban J connectivity index is 1.24. The van der Waals surface area contributed by atoms with Crippen molar-refractivity contribution in [3.05, 3.63) is 65.2 Å². The van der Waals surface area contributed by atoms with Crippen LogP contribution in [0.15, 0.2) is 53.4 Å². The van der Waals surface area contributed by atoms with Gasteiger partial charge in [0.15, 0.2) is 0 Å². The summed E-state index contributed by atoms with van der Waals surface area (Å²) in [5, 5.41) is 3.04. The number of rotatable bonds is 7. The lowest BCUT2D eigenvalue weighted by atomic mass is 9.98. The number of amides is 1. The Morgan fingerprint density at radius 2 is 1.81 bits per heavy atom. The van der Waals surface area contributed by atoms with Crippen molar-refractivity contribution in [2.75, 3.05) is 32.7 Å². The third-order valence-corrected chi connectivity index (χ3v) is 8.45. The summed E-state index contributed by atoms with van der Waals surface area (Å²) in [6.45, 7) is 6.26. The Morgan fingerprint density at radius 1 is 1.06 bits per heavy atom. The van der Waals surface area contributed by atoms with E-state index in [4.69, 9.17) is 0 Å². The minimum absolute atomic E-state index is 0.0298. The monoisotopic (exact) mass is 455 g/mol. The van der Waals surface area contributed by atoms with Crippen LogP contribution >= 0.6 is 0 Å². The second-order valence-electron chi connectivity index (χ2n) is 8.95. The van der Waals surface area contributed by atoms with Crippen LogP contribution in [-0.4, -0.2) is 56.3 Å². The summed E-state index contributed by atoms with van der Waals surface area (Å²) >= 11 is 0. The predicted molar refractivity (Wildman–Crippen MR) is 126 cm³/mol. The highest BCUT2D eigenvalue weighted by Gasteiger charge is 2.33. The maximum atomic E-state index is 13.0. The standard InChI is InChI=1S/C25H33N3O3S/c1-20-9-11-24(12-10-20)32(30,31)28-16-4-8-23(19-28)25(29)26-14-5-15-27-17-13-21-6-2-3-7-22(21)18-27/h2-3,6-7,9-12,23H,4-5,8,13-19H2,1H3,(H,26,29). The highest BCUT2D eigenvalue weighted by Crippen LogP contribution is 2.24. The average molecular weight is 456 g/mol. The average Bonchev–Trinajstić information content (AvgIpc) is 2.82. The molecule has 7 heteroatoms. The van der Waals surface area contributed by atoms with E-state index >= 15 is 0 Å². The molecule has 1 atom stereocenters. The Bertz CT molecular complexity index is 1040. The molecule has 6 nitrogen and oxygen atoms in total. The zero-order chi connectivity index (χ0) is 22.6. The molecule has 1 unspecified atom stereocenters. The molecule has 0 aromatic heterocycles. The van der Waals surface area contributed by atoms with Crippen LogP contribution in [0.5, 0.6) is 0 Å². The fraction of sp³-hybridized carbons (Fsp3) is 0.480. The first-order valence-electron chi connectivity index (χ1n) is 11.6. The summed E-state index contributed by atoms with van der Waals surface area (Å²) in [5.41, 5.74) is 3.87. The number of fused-ring (bicyclic) bond motifs is 1. The Labute approximate surface area is 191 Å². The van der Waals surface area contributed by atoms with E-state index in [2.05, 4.69) is 34.5 Å². The van der Waals surface area contributed by atoms with Crippen LogP contribution in [-0.2, 0) is 27.8 Å². The molecule has 32 heavy (non-hydrogen) atoms. The van der Waals surface area contributed by atoms with Gasteiger partial charge in [0.25, 0.3) is 0 Å². The molecule has 172 valence electrons. The van der Waals surface area contributed by atoms with Crippen molar-refractivity contribution in [2.45, 2.75) is 44.0 Å². The molecule has 1 amide bonds. The number of aryl methyl sites for hydroxylation is 1. The molecule has 2 aliphatic heterocycles. The maximum Gasteiger partial charge on any atom is 0.243 e. The van der Waals surface area contributed by atoms with Gasteiger partial charge in [0.2, 0.25) is 15.9 Å². The molecule has 2 aliphatic rings. The van der Waals surface area contributed by atoms with Gasteiger partial charge in [-0.2, -0.15) is 4.31 Å². The number of benzene rings is 2. The second kappa shape index (κ2) is 10.1. The zero-order valence-corrected chi connectivity index (χ0v) is 19.6. The molecule has 0 radical (unpaired) electrons. The number of hydrogen-bond acceptors (Lipinski definition) is 4. The summed E-state index contributed by atoms with van der Waals surface area (Å²) in [6, 6.07) is 15.5. The molecule has 0 aliphatic carbocycles. The van der Waals surface area contributed by atoms with E-state index in [-0.39, 0.29) is 18.4 Å². The fourth-order valence-electron chi connectivity index (χ4n) is 4.64. The molecule has 4 rings (SSSR count). The molecule has 0 bridgehead atoms. The molecule has 2 heterocycles. The smallest absolute Gasteiger partial charge is 0.243 e. The Morgan fingerprint density at radius 3 is 2.59 bits per heavy atom. The number of carbonyl (C=O) groups excluding carboxylic acids is 1. The van der Waals surface area contributed by atoms with Gasteiger partial charge in [-0.1, -0.05) is 42.0 Å². The van der Waals surface area contributed by atoms with Crippen molar-refractivity contribution in [3.8, 4) is 0 Å². The van der Waals surface area contributed by atoms with E-state index in [9.17, 15) is 13.2 Å². The van der Waals surface area contributed by atoms with E-state index in [0.29, 0.717) is 24.4 Å². The number of carbonyl (C=O) groups is 1. The Kier molecular flexibility index (Phi) is 7.28. The summed E-state index contributed by atoms with van der Waals surface area (Å²) in [7, 11) is -3.56. The van der Waals surface area contributed by atoms with Crippen molar-refractivity contribution >= 4 is 15.9 Å².